The third-order valence-electron chi connectivity index (χ3n) is 4.49. The Labute approximate surface area is 176 Å². The molecule has 3 heterocycles. The minimum atomic E-state index is -0.468. The van der Waals surface area contributed by atoms with Crippen molar-refractivity contribution in [3.63, 3.8) is 0 Å². The van der Waals surface area contributed by atoms with Crippen LogP contribution in [0, 0.1) is 0 Å². The zero-order valence-corrected chi connectivity index (χ0v) is 17.2. The molecule has 0 radical (unpaired) electrons. The zero-order valence-electron chi connectivity index (χ0n) is 16.4. The highest BCUT2D eigenvalue weighted by Gasteiger charge is 2.23. The number of hydrogen-bond donors (Lipinski definition) is 3. The van der Waals surface area contributed by atoms with Gasteiger partial charge in [0.2, 0.25) is 5.88 Å². The van der Waals surface area contributed by atoms with Crippen molar-refractivity contribution in [2.75, 3.05) is 36.3 Å². The molecular formula is C19H20N6O4S. The Balaban J connectivity index is 1.46. The maximum absolute atomic E-state index is 12.3. The van der Waals surface area contributed by atoms with Gasteiger partial charge in [-0.05, 0) is 12.1 Å². The van der Waals surface area contributed by atoms with Crippen LogP contribution in [0.3, 0.4) is 0 Å². The second kappa shape index (κ2) is 8.41. The number of thiazole rings is 1. The molecule has 0 spiro atoms. The summed E-state index contributed by atoms with van der Waals surface area (Å²) in [7, 11) is 3.05. The average Bonchev–Trinajstić information content (AvgIpc) is 3.16. The highest BCUT2D eigenvalue weighted by Crippen LogP contribution is 2.32. The number of phenols is 1. The number of nitrogens with zero attached hydrogens (tertiary/aromatic N) is 4. The summed E-state index contributed by atoms with van der Waals surface area (Å²) in [5.74, 6) is 1.12. The van der Waals surface area contributed by atoms with E-state index in [2.05, 4.69) is 30.5 Å². The van der Waals surface area contributed by atoms with E-state index in [1.165, 1.54) is 24.5 Å². The van der Waals surface area contributed by atoms with E-state index in [-0.39, 0.29) is 11.8 Å². The number of ether oxygens (including phenoxy) is 2. The predicted octanol–water partition coefficient (Wildman–Crippen LogP) is 2.86. The SMILES string of the molecule is COc1cc(N2CCc3nc(NC(=O)Nc4ccccc4O)sc3C2)nc(OC)n1. The maximum atomic E-state index is 12.3. The predicted molar refractivity (Wildman–Crippen MR) is 113 cm³/mol. The van der Waals surface area contributed by atoms with Crippen molar-refractivity contribution in [3.8, 4) is 17.6 Å². The second-order valence-corrected chi connectivity index (χ2v) is 7.50. The molecule has 0 fully saturated rings. The number of aromatic nitrogens is 3. The summed E-state index contributed by atoms with van der Waals surface area (Å²) in [6.45, 7) is 1.31. The van der Waals surface area contributed by atoms with Gasteiger partial charge in [0.05, 0.1) is 32.1 Å². The number of benzene rings is 1. The lowest BCUT2D eigenvalue weighted by Gasteiger charge is -2.27. The number of anilines is 3. The van der Waals surface area contributed by atoms with Gasteiger partial charge >= 0.3 is 12.0 Å². The molecular weight excluding hydrogens is 408 g/mol. The molecule has 0 atom stereocenters. The molecule has 0 saturated carbocycles. The number of para-hydroxylation sites is 2. The molecule has 30 heavy (non-hydrogen) atoms. The van der Waals surface area contributed by atoms with Crippen molar-refractivity contribution >= 4 is 34.0 Å². The van der Waals surface area contributed by atoms with Gasteiger partial charge in [-0.25, -0.2) is 9.78 Å². The van der Waals surface area contributed by atoms with Crippen LogP contribution in [0.4, 0.5) is 21.4 Å². The fraction of sp³-hybridized carbons (Fsp3) is 0.263. The van der Waals surface area contributed by atoms with Gasteiger partial charge < -0.3 is 24.8 Å². The first-order chi connectivity index (χ1) is 14.6. The highest BCUT2D eigenvalue weighted by atomic mass is 32.1. The fourth-order valence-corrected chi connectivity index (χ4v) is 4.04. The summed E-state index contributed by atoms with van der Waals surface area (Å²) >= 11 is 1.40. The van der Waals surface area contributed by atoms with E-state index in [9.17, 15) is 9.90 Å². The molecule has 0 aliphatic carbocycles. The van der Waals surface area contributed by atoms with Crippen LogP contribution in [0.2, 0.25) is 0 Å². The standard InChI is InChI=1S/C19H20N6O4S/c1-28-16-9-15(22-18(23-16)29-2)25-8-7-12-14(10-25)30-19(21-12)24-17(27)20-11-5-3-4-6-13(11)26/h3-6,9,26H,7-8,10H2,1-2H3,(H2,20,21,24,27). The molecule has 11 heteroatoms. The molecule has 4 rings (SSSR count). The molecule has 2 aromatic heterocycles. The summed E-state index contributed by atoms with van der Waals surface area (Å²) in [6.07, 6.45) is 0.712. The van der Waals surface area contributed by atoms with E-state index in [0.717, 1.165) is 10.6 Å². The number of carbonyl (C=O) groups is 1. The van der Waals surface area contributed by atoms with Gasteiger partial charge in [0, 0.05) is 23.9 Å². The Hall–Kier alpha value is -3.60. The lowest BCUT2D eigenvalue weighted by atomic mass is 10.2. The summed E-state index contributed by atoms with van der Waals surface area (Å²) in [5, 5.41) is 15.6. The van der Waals surface area contributed by atoms with Gasteiger partial charge in [0.1, 0.15) is 11.6 Å². The first-order valence-corrected chi connectivity index (χ1v) is 9.94. The van der Waals surface area contributed by atoms with Gasteiger partial charge in [-0.1, -0.05) is 23.5 Å². The van der Waals surface area contributed by atoms with E-state index in [0.29, 0.717) is 42.0 Å². The van der Waals surface area contributed by atoms with E-state index in [1.807, 2.05) is 0 Å². The minimum absolute atomic E-state index is 0.00238. The Bertz CT molecular complexity index is 1050. The van der Waals surface area contributed by atoms with Crippen LogP contribution in [-0.2, 0) is 13.0 Å². The van der Waals surface area contributed by atoms with Crippen LogP contribution in [0.25, 0.3) is 0 Å². The molecule has 0 bridgehead atoms. The number of methoxy groups -OCH3 is 2. The van der Waals surface area contributed by atoms with Gasteiger partial charge in [-0.3, -0.25) is 5.32 Å². The minimum Gasteiger partial charge on any atom is -0.506 e. The van der Waals surface area contributed by atoms with Gasteiger partial charge in [0.25, 0.3) is 0 Å². The fourth-order valence-electron chi connectivity index (χ4n) is 3.02. The molecule has 3 N–H and O–H groups in total. The van der Waals surface area contributed by atoms with Crippen LogP contribution in [-0.4, -0.2) is 46.9 Å². The quantitative estimate of drug-likeness (QED) is 0.531. The highest BCUT2D eigenvalue weighted by molar-refractivity contribution is 7.15. The molecule has 1 aliphatic heterocycles. The van der Waals surface area contributed by atoms with Crippen LogP contribution in [0.5, 0.6) is 17.6 Å². The number of amides is 2. The third-order valence-corrected chi connectivity index (χ3v) is 5.49. The van der Waals surface area contributed by atoms with E-state index >= 15 is 0 Å². The van der Waals surface area contributed by atoms with E-state index in [1.54, 1.807) is 31.4 Å². The van der Waals surface area contributed by atoms with Crippen molar-refractivity contribution in [1.29, 1.82) is 0 Å². The number of rotatable bonds is 5. The van der Waals surface area contributed by atoms with Crippen LogP contribution < -0.4 is 25.0 Å². The van der Waals surface area contributed by atoms with Gasteiger partial charge in [-0.2, -0.15) is 9.97 Å². The molecule has 10 nitrogen and oxygen atoms in total. The molecule has 1 aliphatic rings. The molecule has 1 aromatic carbocycles. The zero-order chi connectivity index (χ0) is 21.1. The largest absolute Gasteiger partial charge is 0.506 e. The molecule has 0 saturated heterocycles. The van der Waals surface area contributed by atoms with Crippen LogP contribution in [0.15, 0.2) is 30.3 Å². The number of nitrogens with one attached hydrogen (secondary N) is 2. The molecule has 156 valence electrons. The number of phenolic OH excluding ortho intramolecular Hbond substituents is 1. The summed E-state index contributed by atoms with van der Waals surface area (Å²) in [6, 6.07) is 8.05. The van der Waals surface area contributed by atoms with E-state index < -0.39 is 6.03 Å². The summed E-state index contributed by atoms with van der Waals surface area (Å²) in [5.41, 5.74) is 1.27. The van der Waals surface area contributed by atoms with Crippen molar-refractivity contribution < 1.29 is 19.4 Å². The number of aromatic hydroxyl groups is 1. The summed E-state index contributed by atoms with van der Waals surface area (Å²) in [4.78, 5) is 28.4. The monoisotopic (exact) mass is 428 g/mol. The summed E-state index contributed by atoms with van der Waals surface area (Å²) < 4.78 is 10.4. The van der Waals surface area contributed by atoms with Crippen LogP contribution in [0.1, 0.15) is 10.6 Å². The van der Waals surface area contributed by atoms with Gasteiger partial charge in [0.15, 0.2) is 5.13 Å². The third kappa shape index (κ3) is 4.20. The number of hydrogen-bond acceptors (Lipinski definition) is 9. The van der Waals surface area contributed by atoms with Crippen LogP contribution >= 0.6 is 11.3 Å². The Morgan fingerprint density at radius 1 is 1.17 bits per heavy atom. The lowest BCUT2D eigenvalue weighted by Crippen LogP contribution is -2.30. The Morgan fingerprint density at radius 2 is 2.00 bits per heavy atom. The normalized spacial score (nSPS) is 12.8. The maximum Gasteiger partial charge on any atom is 0.325 e. The van der Waals surface area contributed by atoms with Crippen molar-refractivity contribution in [2.45, 2.75) is 13.0 Å². The number of urea groups is 1. The van der Waals surface area contributed by atoms with Gasteiger partial charge in [-0.15, -0.1) is 0 Å². The molecule has 2 amide bonds. The Morgan fingerprint density at radius 3 is 2.77 bits per heavy atom. The number of carbonyl (C=O) groups excluding carboxylic acids is 1. The average molecular weight is 428 g/mol. The Kier molecular flexibility index (Phi) is 5.53. The number of fused-ring (bicyclic) bond motifs is 1. The molecule has 0 unspecified atom stereocenters. The first kappa shape index (κ1) is 19.7. The lowest BCUT2D eigenvalue weighted by molar-refractivity contribution is 0.262. The van der Waals surface area contributed by atoms with Crippen molar-refractivity contribution in [2.24, 2.45) is 0 Å². The van der Waals surface area contributed by atoms with Crippen molar-refractivity contribution in [3.05, 3.63) is 40.9 Å². The van der Waals surface area contributed by atoms with Crippen molar-refractivity contribution in [1.82, 2.24) is 15.0 Å². The molecule has 3 aromatic rings. The topological polar surface area (TPSA) is 122 Å². The smallest absolute Gasteiger partial charge is 0.325 e. The second-order valence-electron chi connectivity index (χ2n) is 6.41. The first-order valence-electron chi connectivity index (χ1n) is 9.12. The van der Waals surface area contributed by atoms with E-state index in [4.69, 9.17) is 9.47 Å².